The molecule has 0 aromatic heterocycles. The lowest BCUT2D eigenvalue weighted by atomic mass is 10.1. The number of hydrogen-bond acceptors (Lipinski definition) is 2. The molecule has 1 saturated carbocycles. The zero-order valence-electron chi connectivity index (χ0n) is 8.96. The number of halogens is 1. The number of nitrogens with one attached hydrogen (secondary N) is 2. The third kappa shape index (κ3) is 3.01. The molecule has 1 aromatic carbocycles. The van der Waals surface area contributed by atoms with E-state index in [-0.39, 0.29) is 11.9 Å². The van der Waals surface area contributed by atoms with Crippen molar-refractivity contribution >= 4 is 0 Å². The Morgan fingerprint density at radius 1 is 1.33 bits per heavy atom. The molecule has 0 amide bonds. The van der Waals surface area contributed by atoms with Crippen LogP contribution in [-0.2, 0) is 0 Å². The molecular formula is C12H17FN2. The first-order chi connectivity index (χ1) is 7.29. The molecule has 1 aliphatic carbocycles. The molecule has 2 rings (SSSR count). The van der Waals surface area contributed by atoms with E-state index < -0.39 is 0 Å². The van der Waals surface area contributed by atoms with E-state index in [0.29, 0.717) is 6.04 Å². The SMILES string of the molecule is CNC(CNC1CC1)c1ccc(F)cc1. The van der Waals surface area contributed by atoms with E-state index in [1.807, 2.05) is 19.2 Å². The van der Waals surface area contributed by atoms with E-state index in [1.54, 1.807) is 0 Å². The van der Waals surface area contributed by atoms with Crippen LogP contribution in [0.15, 0.2) is 24.3 Å². The van der Waals surface area contributed by atoms with Crippen LogP contribution in [0.25, 0.3) is 0 Å². The molecule has 15 heavy (non-hydrogen) atoms. The maximum absolute atomic E-state index is 12.7. The Morgan fingerprint density at radius 2 is 2.00 bits per heavy atom. The summed E-state index contributed by atoms with van der Waals surface area (Å²) < 4.78 is 12.7. The van der Waals surface area contributed by atoms with E-state index in [2.05, 4.69) is 10.6 Å². The van der Waals surface area contributed by atoms with Gasteiger partial charge in [0.1, 0.15) is 5.82 Å². The molecule has 2 N–H and O–H groups in total. The molecule has 0 bridgehead atoms. The molecule has 1 unspecified atom stereocenters. The van der Waals surface area contributed by atoms with Crippen molar-refractivity contribution in [2.24, 2.45) is 0 Å². The summed E-state index contributed by atoms with van der Waals surface area (Å²) in [7, 11) is 1.93. The summed E-state index contributed by atoms with van der Waals surface area (Å²) in [5, 5.41) is 6.70. The third-order valence-electron chi connectivity index (χ3n) is 2.81. The van der Waals surface area contributed by atoms with Gasteiger partial charge in [0.05, 0.1) is 0 Å². The minimum absolute atomic E-state index is 0.177. The average molecular weight is 208 g/mol. The minimum atomic E-state index is -0.177. The van der Waals surface area contributed by atoms with Gasteiger partial charge in [-0.05, 0) is 37.6 Å². The Balaban J connectivity index is 1.94. The first-order valence-corrected chi connectivity index (χ1v) is 5.45. The van der Waals surface area contributed by atoms with Gasteiger partial charge in [-0.1, -0.05) is 12.1 Å². The van der Waals surface area contributed by atoms with Gasteiger partial charge in [-0.3, -0.25) is 0 Å². The molecular weight excluding hydrogens is 191 g/mol. The van der Waals surface area contributed by atoms with Crippen LogP contribution in [0.4, 0.5) is 4.39 Å². The molecule has 0 spiro atoms. The van der Waals surface area contributed by atoms with Crippen LogP contribution in [0.5, 0.6) is 0 Å². The lowest BCUT2D eigenvalue weighted by molar-refractivity contribution is 0.524. The van der Waals surface area contributed by atoms with Crippen LogP contribution < -0.4 is 10.6 Å². The quantitative estimate of drug-likeness (QED) is 0.771. The minimum Gasteiger partial charge on any atom is -0.312 e. The molecule has 0 saturated heterocycles. The third-order valence-corrected chi connectivity index (χ3v) is 2.81. The van der Waals surface area contributed by atoms with Crippen LogP contribution >= 0.6 is 0 Å². The fraction of sp³-hybridized carbons (Fsp3) is 0.500. The standard InChI is InChI=1S/C12H17FN2/c1-14-12(8-15-11-6-7-11)9-2-4-10(13)5-3-9/h2-5,11-12,14-15H,6-8H2,1H3. The molecule has 3 heteroatoms. The van der Waals surface area contributed by atoms with Crippen LogP contribution in [0.3, 0.4) is 0 Å². The predicted octanol–water partition coefficient (Wildman–Crippen LogP) is 1.84. The van der Waals surface area contributed by atoms with Crippen LogP contribution in [0.1, 0.15) is 24.4 Å². The highest BCUT2D eigenvalue weighted by molar-refractivity contribution is 5.20. The zero-order valence-corrected chi connectivity index (χ0v) is 8.96. The molecule has 0 aliphatic heterocycles. The molecule has 0 heterocycles. The summed E-state index contributed by atoms with van der Waals surface area (Å²) in [5.74, 6) is -0.177. The summed E-state index contributed by atoms with van der Waals surface area (Å²) in [5.41, 5.74) is 1.13. The molecule has 1 aromatic rings. The van der Waals surface area contributed by atoms with Crippen molar-refractivity contribution in [2.45, 2.75) is 24.9 Å². The van der Waals surface area contributed by atoms with E-state index in [4.69, 9.17) is 0 Å². The Labute approximate surface area is 89.9 Å². The second-order valence-electron chi connectivity index (χ2n) is 4.08. The fourth-order valence-corrected chi connectivity index (χ4v) is 1.65. The van der Waals surface area contributed by atoms with E-state index in [9.17, 15) is 4.39 Å². The molecule has 1 atom stereocenters. The van der Waals surface area contributed by atoms with Crippen molar-refractivity contribution in [3.05, 3.63) is 35.6 Å². The normalized spacial score (nSPS) is 17.7. The van der Waals surface area contributed by atoms with Gasteiger partial charge < -0.3 is 10.6 Å². The van der Waals surface area contributed by atoms with Gasteiger partial charge in [-0.2, -0.15) is 0 Å². The Bertz CT molecular complexity index is 306. The van der Waals surface area contributed by atoms with Gasteiger partial charge >= 0.3 is 0 Å². The van der Waals surface area contributed by atoms with Gasteiger partial charge in [0.2, 0.25) is 0 Å². The molecule has 0 radical (unpaired) electrons. The van der Waals surface area contributed by atoms with Crippen molar-refractivity contribution in [1.29, 1.82) is 0 Å². The lowest BCUT2D eigenvalue weighted by Crippen LogP contribution is -2.30. The average Bonchev–Trinajstić information content (AvgIpc) is 3.05. The Hall–Kier alpha value is -0.930. The Kier molecular flexibility index (Phi) is 3.34. The fourth-order valence-electron chi connectivity index (χ4n) is 1.65. The second kappa shape index (κ2) is 4.73. The van der Waals surface area contributed by atoms with Crippen molar-refractivity contribution in [1.82, 2.24) is 10.6 Å². The predicted molar refractivity (Wildman–Crippen MR) is 59.2 cm³/mol. The monoisotopic (exact) mass is 208 g/mol. The molecule has 1 aliphatic rings. The number of benzene rings is 1. The van der Waals surface area contributed by atoms with Gasteiger partial charge in [0, 0.05) is 18.6 Å². The summed E-state index contributed by atoms with van der Waals surface area (Å²) in [6.07, 6.45) is 2.58. The molecule has 2 nitrogen and oxygen atoms in total. The smallest absolute Gasteiger partial charge is 0.123 e. The topological polar surface area (TPSA) is 24.1 Å². The second-order valence-corrected chi connectivity index (χ2v) is 4.08. The summed E-state index contributed by atoms with van der Waals surface area (Å²) in [4.78, 5) is 0. The van der Waals surface area contributed by atoms with E-state index in [1.165, 1.54) is 25.0 Å². The molecule has 1 fully saturated rings. The Morgan fingerprint density at radius 3 is 2.53 bits per heavy atom. The van der Waals surface area contributed by atoms with E-state index in [0.717, 1.165) is 12.1 Å². The number of hydrogen-bond donors (Lipinski definition) is 2. The van der Waals surface area contributed by atoms with Gasteiger partial charge in [0.25, 0.3) is 0 Å². The van der Waals surface area contributed by atoms with Crippen molar-refractivity contribution < 1.29 is 4.39 Å². The van der Waals surface area contributed by atoms with Gasteiger partial charge in [-0.25, -0.2) is 4.39 Å². The summed E-state index contributed by atoms with van der Waals surface area (Å²) >= 11 is 0. The first-order valence-electron chi connectivity index (χ1n) is 5.45. The summed E-state index contributed by atoms with van der Waals surface area (Å²) in [6, 6.07) is 7.68. The maximum Gasteiger partial charge on any atom is 0.123 e. The highest BCUT2D eigenvalue weighted by Gasteiger charge is 2.21. The van der Waals surface area contributed by atoms with Crippen molar-refractivity contribution in [3.8, 4) is 0 Å². The highest BCUT2D eigenvalue weighted by Crippen LogP contribution is 2.20. The van der Waals surface area contributed by atoms with Crippen LogP contribution in [0.2, 0.25) is 0 Å². The van der Waals surface area contributed by atoms with Crippen molar-refractivity contribution in [2.75, 3.05) is 13.6 Å². The first kappa shape index (κ1) is 10.6. The van der Waals surface area contributed by atoms with E-state index >= 15 is 0 Å². The maximum atomic E-state index is 12.7. The van der Waals surface area contributed by atoms with Crippen LogP contribution in [0, 0.1) is 5.82 Å². The molecule has 82 valence electrons. The van der Waals surface area contributed by atoms with Crippen LogP contribution in [-0.4, -0.2) is 19.6 Å². The van der Waals surface area contributed by atoms with Crippen molar-refractivity contribution in [3.63, 3.8) is 0 Å². The number of rotatable bonds is 5. The zero-order chi connectivity index (χ0) is 10.7. The van der Waals surface area contributed by atoms with Gasteiger partial charge in [0.15, 0.2) is 0 Å². The largest absolute Gasteiger partial charge is 0.312 e. The summed E-state index contributed by atoms with van der Waals surface area (Å²) in [6.45, 7) is 0.910. The number of likely N-dealkylation sites (N-methyl/N-ethyl adjacent to an activating group) is 1. The lowest BCUT2D eigenvalue weighted by Gasteiger charge is -2.17. The van der Waals surface area contributed by atoms with Gasteiger partial charge in [-0.15, -0.1) is 0 Å². The highest BCUT2D eigenvalue weighted by atomic mass is 19.1.